The van der Waals surface area contributed by atoms with Gasteiger partial charge in [-0.2, -0.15) is 0 Å². The lowest BCUT2D eigenvalue weighted by molar-refractivity contribution is 0.202. The van der Waals surface area contributed by atoms with Crippen molar-refractivity contribution in [3.05, 3.63) is 0 Å². The minimum Gasteiger partial charge on any atom is -0.464 e. The molecule has 0 bridgehead atoms. The molecule has 1 amide bonds. The molecule has 0 aliphatic heterocycles. The molecule has 0 atom stereocenters. The zero-order valence-electron chi connectivity index (χ0n) is 2.71. The molecular formula is CH3NO2S2. The van der Waals surface area contributed by atoms with E-state index in [0.717, 1.165) is 11.0 Å². The quantitative estimate of drug-likeness (QED) is 0.275. The Hall–Kier alpha value is -0.0300. The van der Waals surface area contributed by atoms with Gasteiger partial charge in [0.15, 0.2) is 0 Å². The summed E-state index contributed by atoms with van der Waals surface area (Å²) in [6, 6.07) is 0. The highest BCUT2D eigenvalue weighted by Gasteiger charge is 1.84. The van der Waals surface area contributed by atoms with Crippen molar-refractivity contribution in [2.24, 2.45) is 0 Å². The third kappa shape index (κ3) is 3.97. The van der Waals surface area contributed by atoms with Gasteiger partial charge < -0.3 is 5.11 Å². The Kier molecular flexibility index (Phi) is 3.16. The van der Waals surface area contributed by atoms with Gasteiger partial charge >= 0.3 is 6.09 Å². The first-order valence-corrected chi connectivity index (χ1v) is 2.93. The Labute approximate surface area is 44.1 Å². The van der Waals surface area contributed by atoms with Crippen LogP contribution in [0.2, 0.25) is 0 Å². The first-order chi connectivity index (χ1) is 2.77. The fourth-order valence-corrected chi connectivity index (χ4v) is 0.351. The topological polar surface area (TPSA) is 49.3 Å². The molecule has 0 fully saturated rings. The lowest BCUT2D eigenvalue weighted by Crippen LogP contribution is -2.08. The van der Waals surface area contributed by atoms with Crippen molar-refractivity contribution in [1.29, 1.82) is 0 Å². The molecule has 0 aliphatic carbocycles. The Balaban J connectivity index is 2.83. The molecule has 0 rings (SSSR count). The summed E-state index contributed by atoms with van der Waals surface area (Å²) in [5.41, 5.74) is 0. The molecule has 0 aliphatic rings. The molecule has 0 spiro atoms. The normalized spacial score (nSPS) is 7.50. The second-order valence-electron chi connectivity index (χ2n) is 0.499. The third-order valence-electron chi connectivity index (χ3n) is 0.133. The molecule has 0 radical (unpaired) electrons. The van der Waals surface area contributed by atoms with Gasteiger partial charge in [-0.15, -0.1) is 0 Å². The molecule has 3 nitrogen and oxygen atoms in total. The molecule has 5 heteroatoms. The van der Waals surface area contributed by atoms with Crippen molar-refractivity contribution < 1.29 is 9.90 Å². The van der Waals surface area contributed by atoms with Crippen molar-refractivity contribution in [1.82, 2.24) is 4.72 Å². The van der Waals surface area contributed by atoms with Gasteiger partial charge in [0.2, 0.25) is 0 Å². The smallest absolute Gasteiger partial charge is 0.415 e. The number of hydrogen-bond donors (Lipinski definition) is 3. The molecule has 0 aromatic heterocycles. The molecular weight excluding hydrogens is 122 g/mol. The van der Waals surface area contributed by atoms with Crippen molar-refractivity contribution in [3.8, 4) is 0 Å². The molecule has 0 saturated carbocycles. The highest BCUT2D eigenvalue weighted by molar-refractivity contribution is 8.67. The van der Waals surface area contributed by atoms with Gasteiger partial charge in [-0.25, -0.2) is 4.79 Å². The summed E-state index contributed by atoms with van der Waals surface area (Å²) in [7, 11) is 0.755. The van der Waals surface area contributed by atoms with Crippen LogP contribution in [-0.4, -0.2) is 11.2 Å². The number of carboxylic acid groups (broad SMARTS) is 1. The van der Waals surface area contributed by atoms with E-state index < -0.39 is 6.09 Å². The summed E-state index contributed by atoms with van der Waals surface area (Å²) in [6.45, 7) is 0. The van der Waals surface area contributed by atoms with E-state index in [0.29, 0.717) is 0 Å². The monoisotopic (exact) mass is 125 g/mol. The maximum Gasteiger partial charge on any atom is 0.415 e. The van der Waals surface area contributed by atoms with Crippen LogP contribution in [0, 0.1) is 0 Å². The average Bonchev–Trinajstić information content (AvgIpc) is 1.35. The van der Waals surface area contributed by atoms with E-state index in [1.165, 1.54) is 0 Å². The Morgan fingerprint density at radius 2 is 2.50 bits per heavy atom. The fraction of sp³-hybridized carbons (Fsp3) is 0. The van der Waals surface area contributed by atoms with E-state index in [2.05, 4.69) is 11.7 Å². The predicted molar refractivity (Wildman–Crippen MR) is 27.7 cm³/mol. The van der Waals surface area contributed by atoms with Crippen molar-refractivity contribution in [2.75, 3.05) is 0 Å². The lowest BCUT2D eigenvalue weighted by atomic mass is 11.3. The summed E-state index contributed by atoms with van der Waals surface area (Å²) in [4.78, 5) is 9.42. The molecule has 2 N–H and O–H groups in total. The lowest BCUT2D eigenvalue weighted by Gasteiger charge is -1.84. The van der Waals surface area contributed by atoms with E-state index in [-0.39, 0.29) is 0 Å². The molecule has 6 heavy (non-hydrogen) atoms. The largest absolute Gasteiger partial charge is 0.464 e. The second kappa shape index (κ2) is 3.17. The number of rotatable bonds is 1. The number of nitrogens with one attached hydrogen (secondary N) is 1. The number of carbonyl (C=O) groups is 1. The molecule has 0 heterocycles. The summed E-state index contributed by atoms with van der Waals surface area (Å²) in [6.07, 6.45) is -1.07. The Morgan fingerprint density at radius 3 is 2.50 bits per heavy atom. The van der Waals surface area contributed by atoms with Gasteiger partial charge in [-0.05, 0) is 0 Å². The van der Waals surface area contributed by atoms with E-state index in [4.69, 9.17) is 5.11 Å². The van der Waals surface area contributed by atoms with Gasteiger partial charge in [0.05, 0.1) is 0 Å². The number of hydrogen-bond acceptors (Lipinski definition) is 3. The molecule has 0 aromatic rings. The predicted octanol–water partition coefficient (Wildman–Crippen LogP) is 0.747. The van der Waals surface area contributed by atoms with Gasteiger partial charge in [0, 0.05) is 11.0 Å². The Morgan fingerprint density at radius 1 is 2.00 bits per heavy atom. The first-order valence-electron chi connectivity index (χ1n) is 1.06. The molecule has 0 saturated heterocycles. The summed E-state index contributed by atoms with van der Waals surface area (Å²) < 4.78 is 1.91. The van der Waals surface area contributed by atoms with Crippen molar-refractivity contribution >= 4 is 28.7 Å². The molecule has 0 unspecified atom stereocenters. The van der Waals surface area contributed by atoms with Gasteiger partial charge in [0.1, 0.15) is 0 Å². The third-order valence-corrected chi connectivity index (χ3v) is 0.673. The van der Waals surface area contributed by atoms with Crippen molar-refractivity contribution in [2.45, 2.75) is 0 Å². The van der Waals surface area contributed by atoms with E-state index in [1.54, 1.807) is 0 Å². The van der Waals surface area contributed by atoms with Crippen LogP contribution < -0.4 is 4.72 Å². The summed E-state index contributed by atoms with van der Waals surface area (Å²) >= 11 is 3.48. The minimum absolute atomic E-state index is 0.755. The van der Waals surface area contributed by atoms with Crippen molar-refractivity contribution in [3.63, 3.8) is 0 Å². The zero-order valence-corrected chi connectivity index (χ0v) is 4.42. The van der Waals surface area contributed by atoms with Crippen LogP contribution in [0.4, 0.5) is 4.79 Å². The van der Waals surface area contributed by atoms with Gasteiger partial charge in [0.25, 0.3) is 0 Å². The van der Waals surface area contributed by atoms with E-state index in [9.17, 15) is 4.79 Å². The molecule has 36 valence electrons. The highest BCUT2D eigenvalue weighted by Crippen LogP contribution is 1.94. The summed E-state index contributed by atoms with van der Waals surface area (Å²) in [5, 5.41) is 7.73. The Bertz CT molecular complexity index is 55.5. The minimum atomic E-state index is -1.07. The zero-order chi connectivity index (χ0) is 4.99. The number of thiol groups is 1. The van der Waals surface area contributed by atoms with Crippen LogP contribution in [0.1, 0.15) is 0 Å². The maximum absolute atomic E-state index is 9.42. The highest BCUT2D eigenvalue weighted by atomic mass is 33.1. The van der Waals surface area contributed by atoms with E-state index >= 15 is 0 Å². The van der Waals surface area contributed by atoms with Crippen LogP contribution in [0.3, 0.4) is 0 Å². The standard InChI is InChI=1S/CH3NO2S2/c3-1(4)2-6-5/h2,5H,(H,3,4). The summed E-state index contributed by atoms with van der Waals surface area (Å²) in [5.74, 6) is 0. The van der Waals surface area contributed by atoms with Crippen LogP contribution in [0.5, 0.6) is 0 Å². The van der Waals surface area contributed by atoms with Crippen LogP contribution >= 0.6 is 22.6 Å². The maximum atomic E-state index is 9.42. The van der Waals surface area contributed by atoms with E-state index in [1.807, 2.05) is 4.72 Å². The average molecular weight is 125 g/mol. The van der Waals surface area contributed by atoms with Gasteiger partial charge in [-0.3, -0.25) is 4.72 Å². The SMILES string of the molecule is O=C(O)NSS. The van der Waals surface area contributed by atoms with Gasteiger partial charge in [-0.1, -0.05) is 11.7 Å². The van der Waals surface area contributed by atoms with Crippen LogP contribution in [-0.2, 0) is 0 Å². The van der Waals surface area contributed by atoms with Crippen LogP contribution in [0.15, 0.2) is 0 Å². The second-order valence-corrected chi connectivity index (χ2v) is 1.43. The fourth-order valence-electron chi connectivity index (χ4n) is 0.0390. The number of amides is 1. The first kappa shape index (κ1) is 5.97. The molecule has 0 aromatic carbocycles. The van der Waals surface area contributed by atoms with Crippen LogP contribution in [0.25, 0.3) is 0 Å².